The summed E-state index contributed by atoms with van der Waals surface area (Å²) in [6, 6.07) is 5.48. The number of nitrogens with one attached hydrogen (secondary N) is 2. The number of amides is 1. The molecule has 2 bridgehead atoms. The van der Waals surface area contributed by atoms with E-state index in [1.807, 2.05) is 0 Å². The van der Waals surface area contributed by atoms with E-state index in [0.29, 0.717) is 23.5 Å². The van der Waals surface area contributed by atoms with Crippen LogP contribution in [0.1, 0.15) is 36.8 Å². The fraction of sp³-hybridized carbons (Fsp3) is 0.600. The molecule has 0 spiro atoms. The van der Waals surface area contributed by atoms with Gasteiger partial charge in [-0.15, -0.1) is 0 Å². The Morgan fingerprint density at radius 1 is 1.25 bits per heavy atom. The first kappa shape index (κ1) is 20.5. The summed E-state index contributed by atoms with van der Waals surface area (Å²) in [5.74, 6) is 1.73. The van der Waals surface area contributed by atoms with Crippen molar-refractivity contribution in [1.29, 1.82) is 0 Å². The number of aliphatic imine (C=N–C) groups is 1. The molecular formula is C20H27F3N4O. The lowest BCUT2D eigenvalue weighted by Crippen LogP contribution is -2.48. The van der Waals surface area contributed by atoms with Crippen molar-refractivity contribution < 1.29 is 18.0 Å². The number of fused-ring (bicyclic) bond motifs is 2. The molecule has 1 aromatic rings. The van der Waals surface area contributed by atoms with Gasteiger partial charge in [0.1, 0.15) is 0 Å². The van der Waals surface area contributed by atoms with E-state index in [1.165, 1.54) is 30.2 Å². The third-order valence-electron chi connectivity index (χ3n) is 5.64. The highest BCUT2D eigenvalue weighted by atomic mass is 19.4. The number of carbonyl (C=O) groups is 1. The van der Waals surface area contributed by atoms with Crippen LogP contribution in [0.15, 0.2) is 29.3 Å². The average molecular weight is 396 g/mol. The highest BCUT2D eigenvalue weighted by Crippen LogP contribution is 2.44. The molecule has 3 unspecified atom stereocenters. The molecule has 0 radical (unpaired) electrons. The lowest BCUT2D eigenvalue weighted by Gasteiger charge is -2.25. The normalized spacial score (nSPS) is 24.3. The molecule has 5 nitrogen and oxygen atoms in total. The highest BCUT2D eigenvalue weighted by Gasteiger charge is 2.39. The van der Waals surface area contributed by atoms with Crippen LogP contribution in [0.2, 0.25) is 0 Å². The van der Waals surface area contributed by atoms with Gasteiger partial charge in [-0.3, -0.25) is 4.79 Å². The summed E-state index contributed by atoms with van der Waals surface area (Å²) in [4.78, 5) is 17.8. The van der Waals surface area contributed by atoms with Gasteiger partial charge >= 0.3 is 6.18 Å². The first-order valence-electron chi connectivity index (χ1n) is 9.63. The van der Waals surface area contributed by atoms with Crippen LogP contribution in [-0.4, -0.2) is 43.4 Å². The van der Waals surface area contributed by atoms with Crippen molar-refractivity contribution in [3.63, 3.8) is 0 Å². The second-order valence-corrected chi connectivity index (χ2v) is 7.93. The van der Waals surface area contributed by atoms with Crippen LogP contribution >= 0.6 is 0 Å². The summed E-state index contributed by atoms with van der Waals surface area (Å²) in [6.07, 6.45) is 0.387. The van der Waals surface area contributed by atoms with Crippen LogP contribution in [0.25, 0.3) is 0 Å². The number of benzene rings is 1. The molecule has 3 atom stereocenters. The van der Waals surface area contributed by atoms with Crippen molar-refractivity contribution in [1.82, 2.24) is 15.5 Å². The Labute approximate surface area is 163 Å². The van der Waals surface area contributed by atoms with E-state index in [1.54, 1.807) is 20.2 Å². The Bertz CT molecular complexity index is 732. The fourth-order valence-corrected chi connectivity index (χ4v) is 4.08. The molecule has 2 saturated carbocycles. The Hall–Kier alpha value is -2.25. The number of alkyl halides is 3. The Morgan fingerprint density at radius 2 is 2.04 bits per heavy atom. The number of halogens is 3. The maximum Gasteiger partial charge on any atom is 0.416 e. The lowest BCUT2D eigenvalue weighted by molar-refractivity contribution is -0.137. The zero-order valence-electron chi connectivity index (χ0n) is 16.2. The number of likely N-dealkylation sites (N-methyl/N-ethyl adjacent to an activating group) is 1. The quantitative estimate of drug-likeness (QED) is 0.594. The van der Waals surface area contributed by atoms with Gasteiger partial charge in [0.25, 0.3) is 0 Å². The van der Waals surface area contributed by atoms with E-state index in [4.69, 9.17) is 0 Å². The second-order valence-electron chi connectivity index (χ2n) is 7.93. The van der Waals surface area contributed by atoms with Crippen LogP contribution in [0, 0.1) is 11.8 Å². The van der Waals surface area contributed by atoms with Crippen LogP contribution in [0.4, 0.5) is 13.2 Å². The van der Waals surface area contributed by atoms with E-state index in [-0.39, 0.29) is 19.0 Å². The van der Waals surface area contributed by atoms with Gasteiger partial charge in [-0.05, 0) is 48.8 Å². The minimum atomic E-state index is -4.37. The van der Waals surface area contributed by atoms with Gasteiger partial charge in [0.2, 0.25) is 5.91 Å². The van der Waals surface area contributed by atoms with Crippen molar-refractivity contribution in [2.45, 2.75) is 44.4 Å². The Kier molecular flexibility index (Phi) is 6.15. The molecular weight excluding hydrogens is 369 g/mol. The Balaban J connectivity index is 1.69. The molecule has 0 saturated heterocycles. The molecule has 2 aliphatic rings. The van der Waals surface area contributed by atoms with E-state index >= 15 is 0 Å². The summed E-state index contributed by atoms with van der Waals surface area (Å²) in [7, 11) is 3.35. The molecule has 0 aromatic heterocycles. The molecule has 2 N–H and O–H groups in total. The molecule has 0 aliphatic heterocycles. The Morgan fingerprint density at radius 3 is 2.64 bits per heavy atom. The monoisotopic (exact) mass is 396 g/mol. The summed E-state index contributed by atoms with van der Waals surface area (Å²) in [5, 5.41) is 6.43. The largest absolute Gasteiger partial charge is 0.416 e. The molecule has 0 heterocycles. The summed E-state index contributed by atoms with van der Waals surface area (Å²) >= 11 is 0. The first-order chi connectivity index (χ1) is 13.2. The standard InChI is InChI=1S/C20H27F3N4O/c1-27(2)18(28)12-25-19(26-17-10-13-6-7-15(17)8-13)24-11-14-4-3-5-16(9-14)20(21,22)23/h3-5,9,13,15,17H,6-8,10-12H2,1-2H3,(H2,24,25,26). The van der Waals surface area contributed by atoms with Gasteiger partial charge in [-0.25, -0.2) is 4.99 Å². The van der Waals surface area contributed by atoms with Gasteiger partial charge in [-0.1, -0.05) is 18.6 Å². The van der Waals surface area contributed by atoms with Gasteiger partial charge in [0.05, 0.1) is 18.7 Å². The van der Waals surface area contributed by atoms with Crippen LogP contribution < -0.4 is 10.6 Å². The van der Waals surface area contributed by atoms with Gasteiger partial charge in [-0.2, -0.15) is 13.2 Å². The predicted octanol–water partition coefficient (Wildman–Crippen LogP) is 3.02. The van der Waals surface area contributed by atoms with Crippen LogP contribution in [0.5, 0.6) is 0 Å². The summed E-state index contributed by atoms with van der Waals surface area (Å²) in [6.45, 7) is 0.193. The number of guanidine groups is 1. The molecule has 1 amide bonds. The van der Waals surface area contributed by atoms with Crippen molar-refractivity contribution in [3.8, 4) is 0 Å². The van der Waals surface area contributed by atoms with Crippen molar-refractivity contribution >= 4 is 11.9 Å². The molecule has 2 fully saturated rings. The van der Waals surface area contributed by atoms with E-state index in [2.05, 4.69) is 15.6 Å². The van der Waals surface area contributed by atoms with Gasteiger partial charge < -0.3 is 15.5 Å². The molecule has 3 rings (SSSR count). The van der Waals surface area contributed by atoms with Crippen molar-refractivity contribution in [2.75, 3.05) is 20.6 Å². The van der Waals surface area contributed by atoms with E-state index in [9.17, 15) is 18.0 Å². The summed E-state index contributed by atoms with van der Waals surface area (Å²) < 4.78 is 38.7. The number of hydrogen-bond donors (Lipinski definition) is 2. The molecule has 2 aliphatic carbocycles. The fourth-order valence-electron chi connectivity index (χ4n) is 4.08. The number of carbonyl (C=O) groups excluding carboxylic acids is 1. The average Bonchev–Trinajstić information content (AvgIpc) is 3.26. The molecule has 154 valence electrons. The van der Waals surface area contributed by atoms with Gasteiger partial charge in [0, 0.05) is 20.1 Å². The van der Waals surface area contributed by atoms with Crippen molar-refractivity contribution in [3.05, 3.63) is 35.4 Å². The second kappa shape index (κ2) is 8.41. The van der Waals surface area contributed by atoms with Crippen LogP contribution in [-0.2, 0) is 17.5 Å². The zero-order chi connectivity index (χ0) is 20.3. The van der Waals surface area contributed by atoms with Crippen molar-refractivity contribution in [2.24, 2.45) is 16.8 Å². The lowest BCUT2D eigenvalue weighted by atomic mass is 9.95. The first-order valence-corrected chi connectivity index (χ1v) is 9.63. The predicted molar refractivity (Wildman–Crippen MR) is 102 cm³/mol. The minimum Gasteiger partial charge on any atom is -0.353 e. The molecule has 28 heavy (non-hydrogen) atoms. The van der Waals surface area contributed by atoms with Gasteiger partial charge in [0.15, 0.2) is 5.96 Å². The third-order valence-corrected chi connectivity index (χ3v) is 5.64. The minimum absolute atomic E-state index is 0.0856. The highest BCUT2D eigenvalue weighted by molar-refractivity contribution is 5.86. The molecule has 1 aromatic carbocycles. The third kappa shape index (κ3) is 5.17. The van der Waals surface area contributed by atoms with E-state index < -0.39 is 11.7 Å². The number of hydrogen-bond acceptors (Lipinski definition) is 2. The maximum absolute atomic E-state index is 12.9. The maximum atomic E-state index is 12.9. The molecule has 8 heteroatoms. The summed E-state index contributed by atoms with van der Waals surface area (Å²) in [5.41, 5.74) is -0.207. The smallest absolute Gasteiger partial charge is 0.353 e. The van der Waals surface area contributed by atoms with E-state index in [0.717, 1.165) is 24.5 Å². The number of rotatable bonds is 5. The topological polar surface area (TPSA) is 56.7 Å². The number of nitrogens with zero attached hydrogens (tertiary/aromatic N) is 2. The zero-order valence-corrected chi connectivity index (χ0v) is 16.2. The van der Waals surface area contributed by atoms with Crippen LogP contribution in [0.3, 0.4) is 0 Å². The SMILES string of the molecule is CN(C)C(=O)CNC(=NCc1cccc(C(F)(F)F)c1)NC1CC2CCC1C2.